The van der Waals surface area contributed by atoms with Crippen LogP contribution in [0.3, 0.4) is 0 Å². The lowest BCUT2D eigenvalue weighted by Gasteiger charge is -2.13. The Kier molecular flexibility index (Phi) is 6.36. The van der Waals surface area contributed by atoms with Crippen molar-refractivity contribution in [2.24, 2.45) is 7.05 Å². The number of pyridine rings is 1. The largest absolute Gasteiger partial charge is 0.463 e. The van der Waals surface area contributed by atoms with Gasteiger partial charge in [-0.2, -0.15) is 9.78 Å². The number of hydrogen-bond donors (Lipinski definition) is 0. The van der Waals surface area contributed by atoms with Crippen molar-refractivity contribution in [3.63, 3.8) is 0 Å². The molecule has 2 heterocycles. The summed E-state index contributed by atoms with van der Waals surface area (Å²) in [5.74, 6) is -0.737. The summed E-state index contributed by atoms with van der Waals surface area (Å²) >= 11 is 6.12. The number of hydrogen-bond acceptors (Lipinski definition) is 7. The molecule has 0 spiro atoms. The van der Waals surface area contributed by atoms with Crippen LogP contribution in [0.2, 0.25) is 5.02 Å². The van der Waals surface area contributed by atoms with E-state index in [1.54, 1.807) is 19.9 Å². The SMILES string of the molecule is CCOC(=O)COc1ncccc1Oc1cc(-n2nc(C)n(C)c2=O)c(F)cc1Cl. The van der Waals surface area contributed by atoms with Gasteiger partial charge in [0.2, 0.25) is 0 Å². The van der Waals surface area contributed by atoms with E-state index < -0.39 is 17.5 Å². The molecule has 3 aromatic rings. The summed E-state index contributed by atoms with van der Waals surface area (Å²) in [5.41, 5.74) is -0.666. The van der Waals surface area contributed by atoms with Gasteiger partial charge in [-0.05, 0) is 32.0 Å². The third-order valence-corrected chi connectivity index (χ3v) is 4.31. The lowest BCUT2D eigenvalue weighted by molar-refractivity contribution is -0.145. The molecule has 9 nitrogen and oxygen atoms in total. The van der Waals surface area contributed by atoms with Crippen LogP contribution in [0.25, 0.3) is 5.69 Å². The van der Waals surface area contributed by atoms with Crippen LogP contribution in [0.5, 0.6) is 17.4 Å². The highest BCUT2D eigenvalue weighted by Gasteiger charge is 2.18. The predicted molar refractivity (Wildman–Crippen MR) is 105 cm³/mol. The Morgan fingerprint density at radius 1 is 1.30 bits per heavy atom. The van der Waals surface area contributed by atoms with Gasteiger partial charge in [0.15, 0.2) is 18.2 Å². The minimum Gasteiger partial charge on any atom is -0.463 e. The van der Waals surface area contributed by atoms with Crippen molar-refractivity contribution in [1.82, 2.24) is 19.3 Å². The molecule has 11 heteroatoms. The molecule has 0 N–H and O–H groups in total. The van der Waals surface area contributed by atoms with Gasteiger partial charge < -0.3 is 14.2 Å². The summed E-state index contributed by atoms with van der Waals surface area (Å²) in [7, 11) is 1.52. The lowest BCUT2D eigenvalue weighted by atomic mass is 10.3. The van der Waals surface area contributed by atoms with Gasteiger partial charge in [0.25, 0.3) is 5.88 Å². The predicted octanol–water partition coefficient (Wildman–Crippen LogP) is 2.80. The van der Waals surface area contributed by atoms with Gasteiger partial charge in [0.05, 0.1) is 11.6 Å². The number of ether oxygens (including phenoxy) is 3. The molecule has 0 saturated carbocycles. The molecule has 0 atom stereocenters. The van der Waals surface area contributed by atoms with Gasteiger partial charge >= 0.3 is 11.7 Å². The van der Waals surface area contributed by atoms with Crippen LogP contribution in [0.15, 0.2) is 35.3 Å². The molecule has 0 bridgehead atoms. The molecule has 0 aliphatic carbocycles. The molecule has 0 aliphatic rings. The monoisotopic (exact) mass is 436 g/mol. The third kappa shape index (κ3) is 4.43. The summed E-state index contributed by atoms with van der Waals surface area (Å²) in [5, 5.41) is 4.00. The van der Waals surface area contributed by atoms with E-state index in [-0.39, 0.29) is 41.3 Å². The maximum Gasteiger partial charge on any atom is 0.350 e. The first-order valence-corrected chi connectivity index (χ1v) is 9.23. The van der Waals surface area contributed by atoms with Crippen LogP contribution in [0.4, 0.5) is 4.39 Å². The number of carbonyl (C=O) groups is 1. The Balaban J connectivity index is 1.94. The fourth-order valence-electron chi connectivity index (χ4n) is 2.46. The molecule has 0 aliphatic heterocycles. The zero-order valence-corrected chi connectivity index (χ0v) is 17.1. The minimum absolute atomic E-state index is 0.0124. The molecule has 0 saturated heterocycles. The standard InChI is InChI=1S/C19H18ClFN4O5/c1-4-28-17(26)10-29-18-15(6-5-7-22-18)30-16-9-14(13(21)8-12(16)20)25-19(27)24(3)11(2)23-25/h5-9H,4,10H2,1-3H3. The molecular weight excluding hydrogens is 419 g/mol. The summed E-state index contributed by atoms with van der Waals surface area (Å²) in [6.45, 7) is 3.14. The average molecular weight is 437 g/mol. The van der Waals surface area contributed by atoms with Crippen molar-refractivity contribution in [2.75, 3.05) is 13.2 Å². The van der Waals surface area contributed by atoms with Crippen LogP contribution >= 0.6 is 11.6 Å². The number of rotatable bonds is 7. The Morgan fingerprint density at radius 3 is 2.73 bits per heavy atom. The summed E-state index contributed by atoms with van der Waals surface area (Å²) < 4.78 is 32.6. The van der Waals surface area contributed by atoms with Crippen molar-refractivity contribution in [3.8, 4) is 23.1 Å². The second-order valence-corrected chi connectivity index (χ2v) is 6.44. The van der Waals surface area contributed by atoms with Gasteiger partial charge in [-0.1, -0.05) is 11.6 Å². The van der Waals surface area contributed by atoms with E-state index in [2.05, 4.69) is 10.1 Å². The molecule has 2 aromatic heterocycles. The quantitative estimate of drug-likeness (QED) is 0.525. The molecule has 30 heavy (non-hydrogen) atoms. The van der Waals surface area contributed by atoms with Crippen LogP contribution in [-0.2, 0) is 16.6 Å². The highest BCUT2D eigenvalue weighted by atomic mass is 35.5. The molecule has 0 radical (unpaired) electrons. The molecule has 3 rings (SSSR count). The van der Waals surface area contributed by atoms with Crippen molar-refractivity contribution in [1.29, 1.82) is 0 Å². The number of aromatic nitrogens is 4. The highest BCUT2D eigenvalue weighted by Crippen LogP contribution is 2.35. The minimum atomic E-state index is -0.752. The van der Waals surface area contributed by atoms with Crippen molar-refractivity contribution >= 4 is 17.6 Å². The smallest absolute Gasteiger partial charge is 0.350 e. The molecular formula is C19H18ClFN4O5. The van der Waals surface area contributed by atoms with E-state index in [1.165, 1.54) is 29.9 Å². The second-order valence-electron chi connectivity index (χ2n) is 6.04. The molecule has 0 unspecified atom stereocenters. The number of nitrogens with zero attached hydrogens (tertiary/aromatic N) is 4. The topological polar surface area (TPSA) is 97.5 Å². The fourth-order valence-corrected chi connectivity index (χ4v) is 2.65. The second kappa shape index (κ2) is 8.95. The average Bonchev–Trinajstić information content (AvgIpc) is 2.96. The summed E-state index contributed by atoms with van der Waals surface area (Å²) in [6, 6.07) is 5.37. The molecule has 1 aromatic carbocycles. The Bertz CT molecular complexity index is 1140. The van der Waals surface area contributed by atoms with Gasteiger partial charge in [-0.15, -0.1) is 0 Å². The van der Waals surface area contributed by atoms with Crippen LogP contribution < -0.4 is 15.2 Å². The van der Waals surface area contributed by atoms with E-state index in [1.807, 2.05) is 0 Å². The van der Waals surface area contributed by atoms with Crippen molar-refractivity contribution in [3.05, 3.63) is 57.6 Å². The highest BCUT2D eigenvalue weighted by molar-refractivity contribution is 6.32. The van der Waals surface area contributed by atoms with E-state index >= 15 is 0 Å². The Labute approximate surface area is 175 Å². The first-order valence-electron chi connectivity index (χ1n) is 8.85. The Hall–Kier alpha value is -3.40. The number of benzene rings is 1. The van der Waals surface area contributed by atoms with E-state index in [0.717, 1.165) is 10.7 Å². The van der Waals surface area contributed by atoms with Crippen molar-refractivity contribution < 1.29 is 23.4 Å². The van der Waals surface area contributed by atoms with E-state index in [9.17, 15) is 14.0 Å². The number of carbonyl (C=O) groups excluding carboxylic acids is 1. The Morgan fingerprint density at radius 2 is 2.07 bits per heavy atom. The number of halogens is 2. The van der Waals surface area contributed by atoms with Crippen LogP contribution in [0, 0.1) is 12.7 Å². The molecule has 0 amide bonds. The van der Waals surface area contributed by atoms with Crippen LogP contribution in [0.1, 0.15) is 12.7 Å². The van der Waals surface area contributed by atoms with Crippen molar-refractivity contribution in [2.45, 2.75) is 13.8 Å². The number of aryl methyl sites for hydroxylation is 1. The zero-order chi connectivity index (χ0) is 21.8. The molecule has 158 valence electrons. The van der Waals surface area contributed by atoms with Gasteiger partial charge in [0.1, 0.15) is 17.3 Å². The fraction of sp³-hybridized carbons (Fsp3) is 0.263. The summed E-state index contributed by atoms with van der Waals surface area (Å²) in [6.07, 6.45) is 1.45. The third-order valence-electron chi connectivity index (χ3n) is 4.02. The van der Waals surface area contributed by atoms with E-state index in [4.69, 9.17) is 25.8 Å². The maximum absolute atomic E-state index is 14.5. The van der Waals surface area contributed by atoms with Crippen LogP contribution in [-0.4, -0.2) is 38.5 Å². The van der Waals surface area contributed by atoms with E-state index in [0.29, 0.717) is 5.82 Å². The molecule has 0 fully saturated rings. The first-order chi connectivity index (χ1) is 14.3. The lowest BCUT2D eigenvalue weighted by Crippen LogP contribution is -2.22. The normalized spacial score (nSPS) is 10.7. The first kappa shape index (κ1) is 21.3. The number of esters is 1. The van der Waals surface area contributed by atoms with Gasteiger partial charge in [0, 0.05) is 19.3 Å². The summed E-state index contributed by atoms with van der Waals surface area (Å²) in [4.78, 5) is 27.8. The zero-order valence-electron chi connectivity index (χ0n) is 16.4. The van der Waals surface area contributed by atoms with Gasteiger partial charge in [-0.3, -0.25) is 4.57 Å². The maximum atomic E-state index is 14.5. The van der Waals surface area contributed by atoms with Gasteiger partial charge in [-0.25, -0.2) is 19.0 Å².